The molecule has 1 aliphatic rings. The van der Waals surface area contributed by atoms with Crippen LogP contribution >= 0.6 is 11.6 Å². The van der Waals surface area contributed by atoms with Crippen LogP contribution in [0.2, 0.25) is 5.02 Å². The molecule has 0 radical (unpaired) electrons. The number of carbonyl (C=O) groups is 1. The van der Waals surface area contributed by atoms with Gasteiger partial charge in [0.1, 0.15) is 5.25 Å². The monoisotopic (exact) mass is 329 g/mol. The summed E-state index contributed by atoms with van der Waals surface area (Å²) in [5.74, 6) is -0.573. The van der Waals surface area contributed by atoms with Crippen molar-refractivity contribution in [2.75, 3.05) is 0 Å². The van der Waals surface area contributed by atoms with Gasteiger partial charge >= 0.3 is 0 Å². The topological polar surface area (TPSA) is 63.2 Å². The minimum atomic E-state index is -3.54. The summed E-state index contributed by atoms with van der Waals surface area (Å²) in [4.78, 5) is 12.1. The van der Waals surface area contributed by atoms with Crippen LogP contribution < -0.4 is 5.32 Å². The van der Waals surface area contributed by atoms with E-state index in [4.69, 9.17) is 11.6 Å². The Balaban J connectivity index is 2.02. The molecule has 1 aliphatic carbocycles. The Labute approximate surface area is 130 Å². The van der Waals surface area contributed by atoms with E-state index >= 15 is 0 Å². The number of benzene rings is 1. The summed E-state index contributed by atoms with van der Waals surface area (Å²) in [7, 11) is -3.54. The maximum atomic E-state index is 12.3. The Hall–Kier alpha value is -1.07. The quantitative estimate of drug-likeness (QED) is 0.903. The van der Waals surface area contributed by atoms with Gasteiger partial charge in [0, 0.05) is 11.1 Å². The van der Waals surface area contributed by atoms with E-state index in [2.05, 4.69) is 5.32 Å². The van der Waals surface area contributed by atoms with Gasteiger partial charge in [0.25, 0.3) is 0 Å². The van der Waals surface area contributed by atoms with Crippen molar-refractivity contribution in [1.29, 1.82) is 0 Å². The van der Waals surface area contributed by atoms with E-state index < -0.39 is 21.0 Å². The molecule has 0 aliphatic heterocycles. The molecule has 0 spiro atoms. The van der Waals surface area contributed by atoms with Gasteiger partial charge in [0.05, 0.1) is 5.75 Å². The summed E-state index contributed by atoms with van der Waals surface area (Å²) >= 11 is 5.86. The lowest BCUT2D eigenvalue weighted by molar-refractivity contribution is -0.121. The van der Waals surface area contributed by atoms with Gasteiger partial charge in [-0.05, 0) is 37.5 Å². The highest BCUT2D eigenvalue weighted by Gasteiger charge is 2.30. The molecule has 1 aromatic carbocycles. The second-order valence-corrected chi connectivity index (χ2v) is 8.33. The fourth-order valence-corrected chi connectivity index (χ4v) is 4.04. The molecule has 0 saturated heterocycles. The number of rotatable bonds is 5. The van der Waals surface area contributed by atoms with Gasteiger partial charge in [-0.2, -0.15) is 0 Å². The smallest absolute Gasteiger partial charge is 0.238 e. The van der Waals surface area contributed by atoms with Crippen molar-refractivity contribution in [1.82, 2.24) is 5.32 Å². The molecule has 0 heterocycles. The Kier molecular flexibility index (Phi) is 5.27. The lowest BCUT2D eigenvalue weighted by Gasteiger charge is -2.17. The average molecular weight is 330 g/mol. The molecular weight excluding hydrogens is 310 g/mol. The number of hydrogen-bond donors (Lipinski definition) is 1. The zero-order valence-electron chi connectivity index (χ0n) is 12.0. The fourth-order valence-electron chi connectivity index (χ4n) is 2.54. The third-order valence-corrected chi connectivity index (χ3v) is 6.13. The molecule has 1 atom stereocenters. The Morgan fingerprint density at radius 3 is 2.67 bits per heavy atom. The summed E-state index contributed by atoms with van der Waals surface area (Å²) in [6.45, 7) is 1.45. The highest BCUT2D eigenvalue weighted by molar-refractivity contribution is 7.92. The minimum absolute atomic E-state index is 0.126. The maximum Gasteiger partial charge on any atom is 0.238 e. The molecule has 0 bridgehead atoms. The number of halogens is 1. The Morgan fingerprint density at radius 2 is 2.05 bits per heavy atom. The van der Waals surface area contributed by atoms with Crippen LogP contribution in [0.25, 0.3) is 0 Å². The molecule has 116 valence electrons. The van der Waals surface area contributed by atoms with Crippen molar-refractivity contribution in [2.45, 2.75) is 49.7 Å². The third-order valence-electron chi connectivity index (χ3n) is 3.87. The van der Waals surface area contributed by atoms with E-state index in [0.717, 1.165) is 25.7 Å². The molecule has 1 fully saturated rings. The number of carbonyl (C=O) groups excluding carboxylic acids is 1. The summed E-state index contributed by atoms with van der Waals surface area (Å²) in [6.07, 6.45) is 4.06. The molecule has 1 saturated carbocycles. The van der Waals surface area contributed by atoms with Crippen molar-refractivity contribution in [3.05, 3.63) is 34.9 Å². The van der Waals surface area contributed by atoms with Crippen molar-refractivity contribution in [3.8, 4) is 0 Å². The second kappa shape index (κ2) is 6.79. The normalized spacial score (nSPS) is 17.6. The van der Waals surface area contributed by atoms with Crippen LogP contribution in [-0.2, 0) is 20.4 Å². The summed E-state index contributed by atoms with van der Waals surface area (Å²) in [6, 6.07) is 6.83. The first kappa shape index (κ1) is 16.3. The maximum absolute atomic E-state index is 12.3. The number of sulfone groups is 1. The van der Waals surface area contributed by atoms with E-state index in [9.17, 15) is 13.2 Å². The van der Waals surface area contributed by atoms with Crippen LogP contribution in [-0.4, -0.2) is 25.6 Å². The summed E-state index contributed by atoms with van der Waals surface area (Å²) in [5, 5.41) is 2.28. The van der Waals surface area contributed by atoms with Crippen LogP contribution in [0.4, 0.5) is 0 Å². The average Bonchev–Trinajstić information content (AvgIpc) is 2.90. The number of amides is 1. The predicted octanol–water partition coefficient (Wildman–Crippen LogP) is 2.70. The van der Waals surface area contributed by atoms with Gasteiger partial charge in [-0.15, -0.1) is 0 Å². The highest BCUT2D eigenvalue weighted by Crippen LogP contribution is 2.19. The van der Waals surface area contributed by atoms with Gasteiger partial charge in [-0.1, -0.05) is 36.6 Å². The third kappa shape index (κ3) is 4.45. The Bertz CT molecular complexity index is 609. The molecule has 0 aromatic heterocycles. The first-order valence-corrected chi connectivity index (χ1v) is 9.24. The van der Waals surface area contributed by atoms with Gasteiger partial charge in [-0.3, -0.25) is 4.79 Å². The molecule has 1 N–H and O–H groups in total. The SMILES string of the molecule is CC(C(=O)NC1CCCC1)S(=O)(=O)Cc1cccc(Cl)c1. The van der Waals surface area contributed by atoms with Gasteiger partial charge in [0.2, 0.25) is 5.91 Å². The molecule has 1 aromatic rings. The van der Waals surface area contributed by atoms with Crippen LogP contribution in [0.5, 0.6) is 0 Å². The van der Waals surface area contributed by atoms with Crippen LogP contribution in [0.3, 0.4) is 0 Å². The number of nitrogens with one attached hydrogen (secondary N) is 1. The molecular formula is C15H20ClNO3S. The van der Waals surface area contributed by atoms with E-state index in [1.165, 1.54) is 6.92 Å². The molecule has 1 amide bonds. The minimum Gasteiger partial charge on any atom is -0.352 e. The van der Waals surface area contributed by atoms with E-state index in [1.807, 2.05) is 0 Å². The van der Waals surface area contributed by atoms with E-state index in [0.29, 0.717) is 10.6 Å². The zero-order valence-corrected chi connectivity index (χ0v) is 13.6. The van der Waals surface area contributed by atoms with Crippen molar-refractivity contribution >= 4 is 27.3 Å². The van der Waals surface area contributed by atoms with Crippen LogP contribution in [0, 0.1) is 0 Å². The fraction of sp³-hybridized carbons (Fsp3) is 0.533. The van der Waals surface area contributed by atoms with E-state index in [-0.39, 0.29) is 11.8 Å². The van der Waals surface area contributed by atoms with E-state index in [1.54, 1.807) is 24.3 Å². The van der Waals surface area contributed by atoms with Crippen molar-refractivity contribution in [2.24, 2.45) is 0 Å². The number of hydrogen-bond acceptors (Lipinski definition) is 3. The standard InChI is InChI=1S/C15H20ClNO3S/c1-11(15(18)17-14-7-2-3-8-14)21(19,20)10-12-5-4-6-13(16)9-12/h4-6,9,11,14H,2-3,7-8,10H2,1H3,(H,17,18). The highest BCUT2D eigenvalue weighted by atomic mass is 35.5. The first-order chi connectivity index (χ1) is 9.88. The summed E-state index contributed by atoms with van der Waals surface area (Å²) < 4.78 is 24.6. The molecule has 1 unspecified atom stereocenters. The molecule has 4 nitrogen and oxygen atoms in total. The predicted molar refractivity (Wildman–Crippen MR) is 83.9 cm³/mol. The van der Waals surface area contributed by atoms with Crippen LogP contribution in [0.1, 0.15) is 38.2 Å². The largest absolute Gasteiger partial charge is 0.352 e. The second-order valence-electron chi connectivity index (χ2n) is 5.57. The first-order valence-electron chi connectivity index (χ1n) is 7.15. The van der Waals surface area contributed by atoms with Crippen molar-refractivity contribution < 1.29 is 13.2 Å². The lowest BCUT2D eigenvalue weighted by atomic mass is 10.2. The zero-order chi connectivity index (χ0) is 15.5. The van der Waals surface area contributed by atoms with Crippen molar-refractivity contribution in [3.63, 3.8) is 0 Å². The Morgan fingerprint density at radius 1 is 1.38 bits per heavy atom. The summed E-state index contributed by atoms with van der Waals surface area (Å²) in [5.41, 5.74) is 0.600. The molecule has 2 rings (SSSR count). The molecule has 21 heavy (non-hydrogen) atoms. The molecule has 6 heteroatoms. The van der Waals surface area contributed by atoms with Crippen LogP contribution in [0.15, 0.2) is 24.3 Å². The van der Waals surface area contributed by atoms with Gasteiger partial charge in [-0.25, -0.2) is 8.42 Å². The van der Waals surface area contributed by atoms with Gasteiger partial charge < -0.3 is 5.32 Å². The lowest BCUT2D eigenvalue weighted by Crippen LogP contribution is -2.42. The van der Waals surface area contributed by atoms with Gasteiger partial charge in [0.15, 0.2) is 9.84 Å².